The number of carbonyl (C=O) groups excluding carboxylic acids is 1. The van der Waals surface area contributed by atoms with Gasteiger partial charge < -0.3 is 9.72 Å². The summed E-state index contributed by atoms with van der Waals surface area (Å²) in [4.78, 5) is 14.2. The maximum absolute atomic E-state index is 11.4. The highest BCUT2D eigenvalue weighted by atomic mass is 79.9. The zero-order valence-electron chi connectivity index (χ0n) is 7.60. The molecule has 3 nitrogen and oxygen atoms in total. The normalized spacial score (nSPS) is 22.5. The monoisotopic (exact) mass is 311 g/mol. The fraction of sp³-hybridized carbons (Fsp3) is 0.444. The van der Waals surface area contributed by atoms with Gasteiger partial charge in [0.15, 0.2) is 0 Å². The average Bonchev–Trinajstić information content (AvgIpc) is 2.59. The lowest BCUT2D eigenvalue weighted by atomic mass is 10.4. The number of aromatic nitrogens is 1. The van der Waals surface area contributed by atoms with Gasteiger partial charge in [-0.2, -0.15) is 0 Å². The minimum absolute atomic E-state index is 0.0585. The molecule has 0 amide bonds. The van der Waals surface area contributed by atoms with E-state index >= 15 is 0 Å². The Morgan fingerprint density at radius 3 is 2.87 bits per heavy atom. The molecule has 1 N–H and O–H groups in total. The number of rotatable bonds is 3. The number of halogens is 3. The summed E-state index contributed by atoms with van der Waals surface area (Å²) in [5, 5.41) is 0. The Morgan fingerprint density at radius 1 is 1.73 bits per heavy atom. The van der Waals surface area contributed by atoms with Crippen molar-refractivity contribution in [2.45, 2.75) is 10.8 Å². The Balaban J connectivity index is 1.83. The van der Waals surface area contributed by atoms with Crippen molar-refractivity contribution < 1.29 is 9.53 Å². The van der Waals surface area contributed by atoms with Crippen molar-refractivity contribution in [2.75, 3.05) is 6.61 Å². The van der Waals surface area contributed by atoms with Gasteiger partial charge in [0, 0.05) is 16.6 Å². The van der Waals surface area contributed by atoms with Gasteiger partial charge in [-0.3, -0.25) is 0 Å². The SMILES string of the molecule is O=C(OCC1CC1(Cl)Cl)c1cc(Br)c[nH]1. The van der Waals surface area contributed by atoms with E-state index in [9.17, 15) is 4.79 Å². The van der Waals surface area contributed by atoms with Crippen LogP contribution in [0.5, 0.6) is 0 Å². The second kappa shape index (κ2) is 4.00. The minimum Gasteiger partial charge on any atom is -0.461 e. The number of H-pyrrole nitrogens is 1. The zero-order valence-corrected chi connectivity index (χ0v) is 10.7. The molecule has 82 valence electrons. The summed E-state index contributed by atoms with van der Waals surface area (Å²) in [7, 11) is 0. The molecule has 1 heterocycles. The Kier molecular flexibility index (Phi) is 3.01. The molecule has 1 unspecified atom stereocenters. The predicted octanol–water partition coefficient (Wildman–Crippen LogP) is 3.13. The minimum atomic E-state index is -0.698. The fourth-order valence-electron chi connectivity index (χ4n) is 1.19. The molecule has 1 atom stereocenters. The van der Waals surface area contributed by atoms with Crippen LogP contribution in [0.15, 0.2) is 16.7 Å². The second-order valence-electron chi connectivity index (χ2n) is 3.49. The lowest BCUT2D eigenvalue weighted by Gasteiger charge is -2.02. The summed E-state index contributed by atoms with van der Waals surface area (Å²) < 4.78 is 5.15. The van der Waals surface area contributed by atoms with Gasteiger partial charge in [-0.15, -0.1) is 23.2 Å². The quantitative estimate of drug-likeness (QED) is 0.688. The zero-order chi connectivity index (χ0) is 11.1. The third-order valence-corrected chi connectivity index (χ3v) is 3.62. The number of aromatic amines is 1. The van der Waals surface area contributed by atoms with Crippen molar-refractivity contribution in [3.05, 3.63) is 22.4 Å². The summed E-state index contributed by atoms with van der Waals surface area (Å²) in [5.74, 6) is -0.333. The van der Waals surface area contributed by atoms with Crippen LogP contribution in [0.2, 0.25) is 0 Å². The fourth-order valence-corrected chi connectivity index (χ4v) is 2.03. The average molecular weight is 313 g/mol. The molecule has 0 radical (unpaired) electrons. The summed E-state index contributed by atoms with van der Waals surface area (Å²) >= 11 is 14.8. The van der Waals surface area contributed by atoms with Crippen LogP contribution in [0.3, 0.4) is 0 Å². The molecule has 0 saturated heterocycles. The van der Waals surface area contributed by atoms with Crippen LogP contribution in [0.4, 0.5) is 0 Å². The third kappa shape index (κ3) is 2.68. The number of hydrogen-bond donors (Lipinski definition) is 1. The van der Waals surface area contributed by atoms with Gasteiger partial charge in [-0.1, -0.05) is 0 Å². The van der Waals surface area contributed by atoms with Crippen LogP contribution in [-0.4, -0.2) is 21.9 Å². The first-order valence-corrected chi connectivity index (χ1v) is 5.93. The first-order chi connectivity index (χ1) is 6.99. The van der Waals surface area contributed by atoms with Gasteiger partial charge in [-0.05, 0) is 28.4 Å². The molecule has 1 aliphatic carbocycles. The van der Waals surface area contributed by atoms with Gasteiger partial charge in [0.2, 0.25) is 0 Å². The lowest BCUT2D eigenvalue weighted by Crippen LogP contribution is -2.09. The molecular formula is C9H8BrCl2NO2. The first-order valence-electron chi connectivity index (χ1n) is 4.38. The molecule has 1 aromatic rings. The number of hydrogen-bond acceptors (Lipinski definition) is 2. The Bertz CT molecular complexity index is 391. The lowest BCUT2D eigenvalue weighted by molar-refractivity contribution is 0.0479. The highest BCUT2D eigenvalue weighted by Crippen LogP contribution is 2.53. The number of ether oxygens (including phenoxy) is 1. The number of carbonyl (C=O) groups is 1. The molecule has 0 aromatic carbocycles. The van der Waals surface area contributed by atoms with Crippen molar-refractivity contribution >= 4 is 45.1 Å². The van der Waals surface area contributed by atoms with Crippen molar-refractivity contribution in [1.82, 2.24) is 4.98 Å². The molecule has 0 spiro atoms. The van der Waals surface area contributed by atoms with E-state index in [-0.39, 0.29) is 12.5 Å². The number of nitrogens with one attached hydrogen (secondary N) is 1. The van der Waals surface area contributed by atoms with E-state index in [1.807, 2.05) is 0 Å². The van der Waals surface area contributed by atoms with E-state index in [1.165, 1.54) is 0 Å². The maximum atomic E-state index is 11.4. The van der Waals surface area contributed by atoms with Crippen LogP contribution in [0, 0.1) is 5.92 Å². The van der Waals surface area contributed by atoms with Gasteiger partial charge in [0.05, 0.1) is 6.61 Å². The molecule has 1 aromatic heterocycles. The largest absolute Gasteiger partial charge is 0.461 e. The van der Waals surface area contributed by atoms with Crippen molar-refractivity contribution in [3.63, 3.8) is 0 Å². The van der Waals surface area contributed by atoms with Gasteiger partial charge in [-0.25, -0.2) is 4.79 Å². The van der Waals surface area contributed by atoms with Crippen molar-refractivity contribution in [3.8, 4) is 0 Å². The van der Waals surface area contributed by atoms with Crippen LogP contribution in [0.1, 0.15) is 16.9 Å². The second-order valence-corrected chi connectivity index (χ2v) is 5.95. The number of alkyl halides is 2. The molecule has 1 fully saturated rings. The Labute approximate surface area is 105 Å². The van der Waals surface area contributed by atoms with E-state index in [2.05, 4.69) is 20.9 Å². The van der Waals surface area contributed by atoms with Gasteiger partial charge >= 0.3 is 5.97 Å². The topological polar surface area (TPSA) is 42.1 Å². The van der Waals surface area contributed by atoms with Crippen LogP contribution < -0.4 is 0 Å². The van der Waals surface area contributed by atoms with E-state index in [4.69, 9.17) is 27.9 Å². The highest BCUT2D eigenvalue weighted by Gasteiger charge is 2.52. The Hall–Kier alpha value is -0.190. The summed E-state index contributed by atoms with van der Waals surface area (Å²) in [6, 6.07) is 1.66. The van der Waals surface area contributed by atoms with E-state index in [0.717, 1.165) is 4.47 Å². The van der Waals surface area contributed by atoms with Crippen LogP contribution in [-0.2, 0) is 4.74 Å². The van der Waals surface area contributed by atoms with Crippen molar-refractivity contribution in [2.24, 2.45) is 5.92 Å². The van der Waals surface area contributed by atoms with E-state index < -0.39 is 10.3 Å². The highest BCUT2D eigenvalue weighted by molar-refractivity contribution is 9.10. The Morgan fingerprint density at radius 2 is 2.40 bits per heavy atom. The van der Waals surface area contributed by atoms with Gasteiger partial charge in [0.25, 0.3) is 0 Å². The first kappa shape index (κ1) is 11.3. The molecular weight excluding hydrogens is 305 g/mol. The summed E-state index contributed by atoms with van der Waals surface area (Å²) in [6.07, 6.45) is 2.35. The molecule has 2 rings (SSSR count). The standard InChI is InChI=1S/C9H8BrCl2NO2/c10-6-1-7(13-3-6)8(14)15-4-5-2-9(5,11)12/h1,3,5,13H,2,4H2. The molecule has 0 aliphatic heterocycles. The van der Waals surface area contributed by atoms with E-state index in [0.29, 0.717) is 12.1 Å². The maximum Gasteiger partial charge on any atom is 0.354 e. The molecule has 0 bridgehead atoms. The molecule has 1 aliphatic rings. The van der Waals surface area contributed by atoms with Crippen molar-refractivity contribution in [1.29, 1.82) is 0 Å². The smallest absolute Gasteiger partial charge is 0.354 e. The third-order valence-electron chi connectivity index (χ3n) is 2.24. The molecule has 15 heavy (non-hydrogen) atoms. The summed E-state index contributed by atoms with van der Waals surface area (Å²) in [5.41, 5.74) is 0.414. The van der Waals surface area contributed by atoms with Crippen LogP contribution >= 0.6 is 39.1 Å². The molecule has 1 saturated carbocycles. The number of esters is 1. The predicted molar refractivity (Wildman–Crippen MR) is 61.3 cm³/mol. The molecule has 6 heteroatoms. The van der Waals surface area contributed by atoms with E-state index in [1.54, 1.807) is 12.3 Å². The van der Waals surface area contributed by atoms with Gasteiger partial charge in [0.1, 0.15) is 10.0 Å². The van der Waals surface area contributed by atoms with Crippen LogP contribution in [0.25, 0.3) is 0 Å². The summed E-state index contributed by atoms with van der Waals surface area (Å²) in [6.45, 7) is 0.266.